The highest BCUT2D eigenvalue weighted by Crippen LogP contribution is 2.28. The number of benzene rings is 1. The number of fused-ring (bicyclic) bond motifs is 1. The van der Waals surface area contributed by atoms with Gasteiger partial charge in [-0.15, -0.1) is 11.6 Å². The zero-order chi connectivity index (χ0) is 11.7. The molecule has 0 saturated heterocycles. The van der Waals surface area contributed by atoms with E-state index < -0.39 is 0 Å². The third-order valence-electron chi connectivity index (χ3n) is 3.26. The van der Waals surface area contributed by atoms with Crippen LogP contribution in [0.15, 0.2) is 30.3 Å². The molecule has 0 radical (unpaired) electrons. The first-order valence-corrected chi connectivity index (χ1v) is 6.51. The van der Waals surface area contributed by atoms with Crippen molar-refractivity contribution in [3.05, 3.63) is 35.9 Å². The Bertz CT molecular complexity index is 537. The number of halogens is 1. The molecule has 1 saturated carbocycles. The molecule has 0 spiro atoms. The molecule has 2 aromatic rings. The first-order valence-electron chi connectivity index (χ1n) is 5.98. The Balaban J connectivity index is 2.01. The molecule has 0 unspecified atom stereocenters. The third-order valence-corrected chi connectivity index (χ3v) is 3.55. The zero-order valence-electron chi connectivity index (χ0n) is 9.53. The maximum atomic E-state index is 5.98. The summed E-state index contributed by atoms with van der Waals surface area (Å²) in [6, 6.07) is 10.0. The number of nitrogens with zero attached hydrogens (tertiary/aromatic N) is 1. The van der Waals surface area contributed by atoms with Gasteiger partial charge in [-0.1, -0.05) is 18.2 Å². The van der Waals surface area contributed by atoms with E-state index >= 15 is 0 Å². The van der Waals surface area contributed by atoms with Gasteiger partial charge in [-0.25, -0.2) is 4.98 Å². The van der Waals surface area contributed by atoms with Crippen molar-refractivity contribution in [2.45, 2.75) is 31.2 Å². The highest BCUT2D eigenvalue weighted by Gasteiger charge is 2.20. The summed E-state index contributed by atoms with van der Waals surface area (Å²) in [5, 5.41) is 1.11. The Morgan fingerprint density at radius 1 is 1.29 bits per heavy atom. The fourth-order valence-corrected chi connectivity index (χ4v) is 2.27. The molecule has 3 heteroatoms. The lowest BCUT2D eigenvalue weighted by Gasteiger charge is -2.26. The van der Waals surface area contributed by atoms with Crippen molar-refractivity contribution in [3.8, 4) is 5.88 Å². The third kappa shape index (κ3) is 2.09. The minimum Gasteiger partial charge on any atom is -0.474 e. The van der Waals surface area contributed by atoms with E-state index in [1.165, 1.54) is 6.42 Å². The van der Waals surface area contributed by atoms with Crippen LogP contribution in [-0.2, 0) is 5.88 Å². The van der Waals surface area contributed by atoms with Gasteiger partial charge in [-0.2, -0.15) is 0 Å². The lowest BCUT2D eigenvalue weighted by molar-refractivity contribution is 0.115. The predicted octanol–water partition coefficient (Wildman–Crippen LogP) is 3.90. The van der Waals surface area contributed by atoms with Gasteiger partial charge in [0.2, 0.25) is 5.88 Å². The van der Waals surface area contributed by atoms with E-state index in [-0.39, 0.29) is 0 Å². The van der Waals surface area contributed by atoms with Crippen molar-refractivity contribution < 1.29 is 4.74 Å². The van der Waals surface area contributed by atoms with Gasteiger partial charge in [0, 0.05) is 17.3 Å². The second-order valence-corrected chi connectivity index (χ2v) is 4.71. The Hall–Kier alpha value is -1.28. The summed E-state index contributed by atoms with van der Waals surface area (Å²) >= 11 is 5.98. The summed E-state index contributed by atoms with van der Waals surface area (Å²) in [6.07, 6.45) is 3.91. The zero-order valence-corrected chi connectivity index (χ0v) is 10.3. The van der Waals surface area contributed by atoms with Crippen LogP contribution in [0, 0.1) is 0 Å². The van der Waals surface area contributed by atoms with Crippen molar-refractivity contribution in [2.75, 3.05) is 0 Å². The van der Waals surface area contributed by atoms with Crippen molar-refractivity contribution >= 4 is 22.5 Å². The van der Waals surface area contributed by atoms with Crippen LogP contribution in [0.25, 0.3) is 10.9 Å². The lowest BCUT2D eigenvalue weighted by Crippen LogP contribution is -2.25. The molecule has 17 heavy (non-hydrogen) atoms. The normalized spacial score (nSPS) is 15.8. The minimum atomic E-state index is 0.354. The Morgan fingerprint density at radius 3 is 2.82 bits per heavy atom. The monoisotopic (exact) mass is 247 g/mol. The molecular weight excluding hydrogens is 234 g/mol. The summed E-state index contributed by atoms with van der Waals surface area (Å²) in [5.74, 6) is 1.20. The predicted molar refractivity (Wildman–Crippen MR) is 69.6 cm³/mol. The fraction of sp³-hybridized carbons (Fsp3) is 0.357. The average Bonchev–Trinajstić information content (AvgIpc) is 2.33. The van der Waals surface area contributed by atoms with Gasteiger partial charge < -0.3 is 4.74 Å². The van der Waals surface area contributed by atoms with Crippen LogP contribution in [0.3, 0.4) is 0 Å². The molecule has 1 aliphatic rings. The van der Waals surface area contributed by atoms with Gasteiger partial charge >= 0.3 is 0 Å². The Labute approximate surface area is 106 Å². The standard InChI is InChI=1S/C14H14ClNO/c15-9-10-8-14(17-11-4-3-5-11)16-13-7-2-1-6-12(10)13/h1-2,6-8,11H,3-5,9H2. The number of alkyl halides is 1. The van der Waals surface area contributed by atoms with Crippen LogP contribution in [0.4, 0.5) is 0 Å². The van der Waals surface area contributed by atoms with Crippen LogP contribution in [0.5, 0.6) is 5.88 Å². The maximum absolute atomic E-state index is 5.98. The van der Waals surface area contributed by atoms with E-state index in [1.54, 1.807) is 0 Å². The van der Waals surface area contributed by atoms with E-state index in [9.17, 15) is 0 Å². The van der Waals surface area contributed by atoms with Gasteiger partial charge in [-0.05, 0) is 30.9 Å². The molecule has 0 amide bonds. The molecule has 1 heterocycles. The van der Waals surface area contributed by atoms with Crippen molar-refractivity contribution in [1.82, 2.24) is 4.98 Å². The fourth-order valence-electron chi connectivity index (χ4n) is 2.05. The first kappa shape index (κ1) is 10.8. The molecule has 1 aromatic heterocycles. The summed E-state index contributed by atoms with van der Waals surface area (Å²) in [4.78, 5) is 4.52. The number of para-hydroxylation sites is 1. The average molecular weight is 248 g/mol. The molecule has 0 bridgehead atoms. The molecular formula is C14H14ClNO. The number of rotatable bonds is 3. The number of hydrogen-bond donors (Lipinski definition) is 0. The summed E-state index contributed by atoms with van der Waals surface area (Å²) in [7, 11) is 0. The van der Waals surface area contributed by atoms with Gasteiger partial charge in [0.25, 0.3) is 0 Å². The smallest absolute Gasteiger partial charge is 0.214 e. The Morgan fingerprint density at radius 2 is 2.12 bits per heavy atom. The number of pyridine rings is 1. The summed E-state index contributed by atoms with van der Waals surface area (Å²) < 4.78 is 5.83. The van der Waals surface area contributed by atoms with Crippen molar-refractivity contribution in [3.63, 3.8) is 0 Å². The quantitative estimate of drug-likeness (QED) is 0.768. The molecule has 1 aromatic carbocycles. The Kier molecular flexibility index (Phi) is 2.89. The topological polar surface area (TPSA) is 22.1 Å². The van der Waals surface area contributed by atoms with Gasteiger partial charge in [0.05, 0.1) is 5.52 Å². The summed E-state index contributed by atoms with van der Waals surface area (Å²) in [6.45, 7) is 0. The molecule has 2 nitrogen and oxygen atoms in total. The second-order valence-electron chi connectivity index (χ2n) is 4.44. The van der Waals surface area contributed by atoms with Crippen LogP contribution >= 0.6 is 11.6 Å². The SMILES string of the molecule is ClCc1cc(OC2CCC2)nc2ccccc12. The van der Waals surface area contributed by atoms with E-state index in [4.69, 9.17) is 16.3 Å². The van der Waals surface area contributed by atoms with Crippen LogP contribution < -0.4 is 4.74 Å². The van der Waals surface area contributed by atoms with Crippen molar-refractivity contribution in [1.29, 1.82) is 0 Å². The number of ether oxygens (including phenoxy) is 1. The van der Waals surface area contributed by atoms with Gasteiger partial charge in [0.1, 0.15) is 6.10 Å². The minimum absolute atomic E-state index is 0.354. The van der Waals surface area contributed by atoms with Crippen molar-refractivity contribution in [2.24, 2.45) is 0 Å². The molecule has 0 aliphatic heterocycles. The number of aromatic nitrogens is 1. The lowest BCUT2D eigenvalue weighted by atomic mass is 9.96. The van der Waals surface area contributed by atoms with Gasteiger partial charge in [0.15, 0.2) is 0 Å². The molecule has 3 rings (SSSR count). The first-order chi connectivity index (χ1) is 8.36. The molecule has 88 valence electrons. The molecule has 0 N–H and O–H groups in total. The highest BCUT2D eigenvalue weighted by atomic mass is 35.5. The number of hydrogen-bond acceptors (Lipinski definition) is 2. The maximum Gasteiger partial charge on any atom is 0.214 e. The van der Waals surface area contributed by atoms with E-state index in [1.807, 2.05) is 30.3 Å². The second kappa shape index (κ2) is 4.53. The molecule has 0 atom stereocenters. The van der Waals surface area contributed by atoms with Gasteiger partial charge in [-0.3, -0.25) is 0 Å². The largest absolute Gasteiger partial charge is 0.474 e. The van der Waals surface area contributed by atoms with E-state index in [0.29, 0.717) is 17.9 Å². The van der Waals surface area contributed by atoms with E-state index in [0.717, 1.165) is 29.3 Å². The van der Waals surface area contributed by atoms with Crippen LogP contribution in [-0.4, -0.2) is 11.1 Å². The van der Waals surface area contributed by atoms with Crippen LogP contribution in [0.2, 0.25) is 0 Å². The molecule has 1 fully saturated rings. The highest BCUT2D eigenvalue weighted by molar-refractivity contribution is 6.18. The summed E-state index contributed by atoms with van der Waals surface area (Å²) in [5.41, 5.74) is 2.05. The molecule has 1 aliphatic carbocycles. The van der Waals surface area contributed by atoms with Crippen LogP contribution in [0.1, 0.15) is 24.8 Å². The van der Waals surface area contributed by atoms with E-state index in [2.05, 4.69) is 4.98 Å².